The van der Waals surface area contributed by atoms with E-state index >= 15 is 0 Å². The molecule has 2 rings (SSSR count). The molecule has 2 aromatic rings. The van der Waals surface area contributed by atoms with Crippen LogP contribution in [0.15, 0.2) is 34.4 Å². The number of nitrogens with one attached hydrogen (secondary N) is 2. The molecule has 0 aliphatic carbocycles. The van der Waals surface area contributed by atoms with Gasteiger partial charge in [-0.05, 0) is 37.5 Å². The summed E-state index contributed by atoms with van der Waals surface area (Å²) in [4.78, 5) is 13.8. The van der Waals surface area contributed by atoms with E-state index in [0.29, 0.717) is 12.6 Å². The molecule has 0 aliphatic rings. The maximum absolute atomic E-state index is 11.0. The molecular weight excluding hydrogens is 272 g/mol. The Bertz CT molecular complexity index is 574. The third kappa shape index (κ3) is 4.51. The molecule has 1 atom stereocenters. The molecule has 1 heterocycles. The maximum Gasteiger partial charge on any atom is 0.304 e. The summed E-state index contributed by atoms with van der Waals surface area (Å²) in [6.45, 7) is 2.87. The van der Waals surface area contributed by atoms with Crippen LogP contribution in [-0.2, 0) is 13.0 Å². The standard InChI is InChI=1S/C15H20N2O2S/c1-11(16-9-13-10-20-15(18)17-13)3-4-12-5-7-14(19-2)8-6-12/h5-8,10-11,16H,3-4,9H2,1-2H3,(H,17,18). The highest BCUT2D eigenvalue weighted by Crippen LogP contribution is 2.13. The molecule has 0 saturated heterocycles. The average molecular weight is 292 g/mol. The first-order chi connectivity index (χ1) is 9.67. The average Bonchev–Trinajstić information content (AvgIpc) is 2.89. The monoisotopic (exact) mass is 292 g/mol. The van der Waals surface area contributed by atoms with Gasteiger partial charge in [-0.3, -0.25) is 4.79 Å². The summed E-state index contributed by atoms with van der Waals surface area (Å²) in [6.07, 6.45) is 2.08. The summed E-state index contributed by atoms with van der Waals surface area (Å²) < 4.78 is 5.14. The molecule has 0 aliphatic heterocycles. The quantitative estimate of drug-likeness (QED) is 0.824. The summed E-state index contributed by atoms with van der Waals surface area (Å²) >= 11 is 1.21. The smallest absolute Gasteiger partial charge is 0.304 e. The summed E-state index contributed by atoms with van der Waals surface area (Å²) in [5.74, 6) is 0.890. The molecule has 108 valence electrons. The Morgan fingerprint density at radius 2 is 2.10 bits per heavy atom. The Morgan fingerprint density at radius 1 is 1.35 bits per heavy atom. The van der Waals surface area contributed by atoms with Crippen molar-refractivity contribution in [1.29, 1.82) is 0 Å². The van der Waals surface area contributed by atoms with Crippen molar-refractivity contribution in [3.05, 3.63) is 50.6 Å². The van der Waals surface area contributed by atoms with Crippen LogP contribution in [0, 0.1) is 0 Å². The van der Waals surface area contributed by atoms with Crippen LogP contribution in [0.2, 0.25) is 0 Å². The lowest BCUT2D eigenvalue weighted by Gasteiger charge is -2.13. The van der Waals surface area contributed by atoms with Crippen LogP contribution in [0.25, 0.3) is 0 Å². The van der Waals surface area contributed by atoms with Crippen LogP contribution in [-0.4, -0.2) is 18.1 Å². The number of H-pyrrole nitrogens is 1. The SMILES string of the molecule is COc1ccc(CCC(C)NCc2csc(=O)[nH]2)cc1. The number of benzene rings is 1. The zero-order valence-corrected chi connectivity index (χ0v) is 12.6. The molecule has 0 saturated carbocycles. The van der Waals surface area contributed by atoms with Crippen LogP contribution >= 0.6 is 11.3 Å². The second-order valence-electron chi connectivity index (χ2n) is 4.84. The number of methoxy groups -OCH3 is 1. The highest BCUT2D eigenvalue weighted by Gasteiger charge is 2.04. The van der Waals surface area contributed by atoms with Gasteiger partial charge < -0.3 is 15.0 Å². The fourth-order valence-electron chi connectivity index (χ4n) is 1.96. The highest BCUT2D eigenvalue weighted by atomic mass is 32.1. The molecule has 0 amide bonds. The van der Waals surface area contributed by atoms with Crippen molar-refractivity contribution in [2.75, 3.05) is 7.11 Å². The van der Waals surface area contributed by atoms with Crippen molar-refractivity contribution in [3.8, 4) is 5.75 Å². The van der Waals surface area contributed by atoms with Crippen molar-refractivity contribution in [3.63, 3.8) is 0 Å². The number of thiazole rings is 1. The van der Waals surface area contributed by atoms with Gasteiger partial charge >= 0.3 is 4.87 Å². The van der Waals surface area contributed by atoms with E-state index in [2.05, 4.69) is 29.4 Å². The second kappa shape index (κ2) is 7.26. The van der Waals surface area contributed by atoms with E-state index in [1.54, 1.807) is 7.11 Å². The van der Waals surface area contributed by atoms with Crippen molar-refractivity contribution < 1.29 is 4.74 Å². The first-order valence-electron chi connectivity index (χ1n) is 6.70. The summed E-state index contributed by atoms with van der Waals surface area (Å²) in [7, 11) is 1.68. The number of rotatable bonds is 7. The van der Waals surface area contributed by atoms with E-state index in [4.69, 9.17) is 4.74 Å². The molecule has 1 aromatic heterocycles. The van der Waals surface area contributed by atoms with E-state index in [0.717, 1.165) is 24.3 Å². The van der Waals surface area contributed by atoms with E-state index in [1.165, 1.54) is 16.9 Å². The van der Waals surface area contributed by atoms with Gasteiger partial charge in [0.2, 0.25) is 0 Å². The van der Waals surface area contributed by atoms with Gasteiger partial charge in [0.05, 0.1) is 7.11 Å². The van der Waals surface area contributed by atoms with Gasteiger partial charge in [-0.25, -0.2) is 0 Å². The Morgan fingerprint density at radius 3 is 2.70 bits per heavy atom. The fourth-order valence-corrected chi connectivity index (χ4v) is 2.54. The minimum atomic E-state index is 0.00712. The van der Waals surface area contributed by atoms with Crippen LogP contribution in [0.1, 0.15) is 24.6 Å². The number of hydrogen-bond donors (Lipinski definition) is 2. The molecule has 4 nitrogen and oxygen atoms in total. The van der Waals surface area contributed by atoms with Crippen molar-refractivity contribution in [1.82, 2.24) is 10.3 Å². The number of hydrogen-bond acceptors (Lipinski definition) is 4. The Kier molecular flexibility index (Phi) is 5.38. The molecule has 0 spiro atoms. The minimum Gasteiger partial charge on any atom is -0.497 e. The van der Waals surface area contributed by atoms with Gasteiger partial charge in [0.25, 0.3) is 0 Å². The van der Waals surface area contributed by atoms with E-state index in [1.807, 2.05) is 17.5 Å². The van der Waals surface area contributed by atoms with Crippen molar-refractivity contribution in [2.24, 2.45) is 0 Å². The largest absolute Gasteiger partial charge is 0.497 e. The molecule has 5 heteroatoms. The summed E-state index contributed by atoms with van der Waals surface area (Å²) in [6, 6.07) is 8.58. The van der Waals surface area contributed by atoms with Gasteiger partial charge in [0.1, 0.15) is 5.75 Å². The fraction of sp³-hybridized carbons (Fsp3) is 0.400. The van der Waals surface area contributed by atoms with Gasteiger partial charge in [-0.1, -0.05) is 23.5 Å². The summed E-state index contributed by atoms with van der Waals surface area (Å²) in [5, 5.41) is 5.28. The van der Waals surface area contributed by atoms with Crippen LogP contribution in [0.5, 0.6) is 5.75 Å². The van der Waals surface area contributed by atoms with Gasteiger partial charge in [-0.15, -0.1) is 0 Å². The lowest BCUT2D eigenvalue weighted by Crippen LogP contribution is -2.26. The topological polar surface area (TPSA) is 54.1 Å². The lowest BCUT2D eigenvalue weighted by molar-refractivity contribution is 0.414. The molecule has 20 heavy (non-hydrogen) atoms. The van der Waals surface area contributed by atoms with Crippen LogP contribution < -0.4 is 14.9 Å². The van der Waals surface area contributed by atoms with E-state index in [-0.39, 0.29) is 4.87 Å². The Hall–Kier alpha value is -1.59. The van der Waals surface area contributed by atoms with Crippen LogP contribution in [0.4, 0.5) is 0 Å². The lowest BCUT2D eigenvalue weighted by atomic mass is 10.1. The number of ether oxygens (including phenoxy) is 1. The third-order valence-corrected chi connectivity index (χ3v) is 3.96. The second-order valence-corrected chi connectivity index (χ2v) is 5.68. The molecular formula is C15H20N2O2S. The maximum atomic E-state index is 11.0. The number of aromatic amines is 1. The third-order valence-electron chi connectivity index (χ3n) is 3.24. The molecule has 1 aromatic carbocycles. The predicted molar refractivity (Wildman–Crippen MR) is 82.6 cm³/mol. The van der Waals surface area contributed by atoms with Crippen LogP contribution in [0.3, 0.4) is 0 Å². The Labute approximate surface area is 122 Å². The predicted octanol–water partition coefficient (Wildman–Crippen LogP) is 2.56. The van der Waals surface area contributed by atoms with Gasteiger partial charge in [0, 0.05) is 23.7 Å². The number of aryl methyl sites for hydroxylation is 1. The molecule has 0 bridgehead atoms. The first kappa shape index (κ1) is 14.8. The minimum absolute atomic E-state index is 0.00712. The van der Waals surface area contributed by atoms with Gasteiger partial charge in [-0.2, -0.15) is 0 Å². The zero-order chi connectivity index (χ0) is 14.4. The highest BCUT2D eigenvalue weighted by molar-refractivity contribution is 7.07. The first-order valence-corrected chi connectivity index (χ1v) is 7.58. The number of aromatic nitrogens is 1. The molecule has 1 unspecified atom stereocenters. The normalized spacial score (nSPS) is 12.3. The molecule has 2 N–H and O–H groups in total. The van der Waals surface area contributed by atoms with Crippen molar-refractivity contribution in [2.45, 2.75) is 32.4 Å². The Balaban J connectivity index is 1.73. The van der Waals surface area contributed by atoms with Gasteiger partial charge in [0.15, 0.2) is 0 Å². The van der Waals surface area contributed by atoms with E-state index < -0.39 is 0 Å². The zero-order valence-electron chi connectivity index (χ0n) is 11.8. The van der Waals surface area contributed by atoms with E-state index in [9.17, 15) is 4.79 Å². The molecule has 0 fully saturated rings. The molecule has 0 radical (unpaired) electrons. The van der Waals surface area contributed by atoms with Crippen molar-refractivity contribution >= 4 is 11.3 Å². The summed E-state index contributed by atoms with van der Waals surface area (Å²) in [5.41, 5.74) is 2.26.